The third kappa shape index (κ3) is 14.9. The predicted molar refractivity (Wildman–Crippen MR) is 170 cm³/mol. The molecule has 0 heterocycles. The Morgan fingerprint density at radius 3 is 1.30 bits per heavy atom. The van der Waals surface area contributed by atoms with Gasteiger partial charge in [0.15, 0.2) is 11.7 Å². The van der Waals surface area contributed by atoms with Gasteiger partial charge in [0, 0.05) is 48.2 Å². The third-order valence-corrected chi connectivity index (χ3v) is 6.20. The molecule has 0 bridgehead atoms. The van der Waals surface area contributed by atoms with E-state index in [-0.39, 0.29) is 54.6 Å². The van der Waals surface area contributed by atoms with Crippen LogP contribution in [0.15, 0.2) is 58.8 Å². The number of hydrogen-bond donors (Lipinski definition) is 4. The fourth-order valence-electron chi connectivity index (χ4n) is 3.74. The second kappa shape index (κ2) is 21.0. The van der Waals surface area contributed by atoms with E-state index < -0.39 is 11.9 Å². The quantitative estimate of drug-likeness (QED) is 0.0629. The van der Waals surface area contributed by atoms with Crippen molar-refractivity contribution in [2.24, 2.45) is 21.8 Å². The molecule has 0 spiro atoms. The zero-order valence-electron chi connectivity index (χ0n) is 25.4. The lowest BCUT2D eigenvalue weighted by Crippen LogP contribution is -2.17. The Morgan fingerprint density at radius 2 is 0.955 bits per heavy atom. The van der Waals surface area contributed by atoms with Crippen LogP contribution in [-0.4, -0.2) is 40.9 Å². The average Bonchev–Trinajstić information content (AvgIpc) is 2.99. The van der Waals surface area contributed by atoms with Crippen molar-refractivity contribution in [2.75, 3.05) is 10.6 Å². The second-order valence-electron chi connectivity index (χ2n) is 9.90. The van der Waals surface area contributed by atoms with Crippen LogP contribution in [0.2, 0.25) is 0 Å². The van der Waals surface area contributed by atoms with Gasteiger partial charge in [-0.15, -0.1) is 0 Å². The fourth-order valence-corrected chi connectivity index (χ4v) is 3.74. The van der Waals surface area contributed by atoms with E-state index in [0.717, 1.165) is 38.5 Å². The number of carbonyl (C=O) groups is 4. The van der Waals surface area contributed by atoms with Gasteiger partial charge in [0.25, 0.3) is 0 Å². The van der Waals surface area contributed by atoms with Gasteiger partial charge in [-0.2, -0.15) is 0 Å². The molecular formula is C31H44N6O7. The molecule has 0 aliphatic heterocycles. The minimum atomic E-state index is -0.434. The molecular weight excluding hydrogens is 568 g/mol. The van der Waals surface area contributed by atoms with Crippen molar-refractivity contribution in [2.45, 2.75) is 84.5 Å². The topological polar surface area (TPSA) is 219 Å². The number of anilines is 2. The normalized spacial score (nSPS) is 11.2. The maximum Gasteiger partial charge on any atom is 0.335 e. The lowest BCUT2D eigenvalue weighted by atomic mass is 10.1. The van der Waals surface area contributed by atoms with Crippen LogP contribution in [0.4, 0.5) is 11.4 Å². The summed E-state index contributed by atoms with van der Waals surface area (Å²) in [6.07, 6.45) is 6.59. The maximum absolute atomic E-state index is 12.3. The zero-order valence-corrected chi connectivity index (χ0v) is 25.4. The molecule has 0 unspecified atom stereocenters. The van der Waals surface area contributed by atoms with E-state index in [1.54, 1.807) is 48.5 Å². The predicted octanol–water partition coefficient (Wildman–Crippen LogP) is 4.10. The Bertz CT molecular complexity index is 1160. The zero-order chi connectivity index (χ0) is 31.5. The molecule has 44 heavy (non-hydrogen) atoms. The van der Waals surface area contributed by atoms with E-state index in [0.29, 0.717) is 28.9 Å². The van der Waals surface area contributed by atoms with Gasteiger partial charge in [-0.05, 0) is 67.8 Å². The first-order valence-corrected chi connectivity index (χ1v) is 14.6. The minimum absolute atomic E-state index is 0. The van der Waals surface area contributed by atoms with Crippen molar-refractivity contribution in [3.05, 3.63) is 59.7 Å². The van der Waals surface area contributed by atoms with Crippen LogP contribution in [0.5, 0.6) is 0 Å². The van der Waals surface area contributed by atoms with E-state index in [1.165, 1.54) is 0 Å². The Labute approximate surface area is 257 Å². The van der Waals surface area contributed by atoms with Crippen molar-refractivity contribution >= 4 is 46.8 Å². The van der Waals surface area contributed by atoms with Crippen molar-refractivity contribution in [1.29, 1.82) is 0 Å². The van der Waals surface area contributed by atoms with Crippen LogP contribution in [0.25, 0.3) is 0 Å². The number of rotatable bonds is 18. The van der Waals surface area contributed by atoms with Crippen LogP contribution in [0.3, 0.4) is 0 Å². The third-order valence-electron chi connectivity index (χ3n) is 6.20. The molecule has 2 aromatic carbocycles. The summed E-state index contributed by atoms with van der Waals surface area (Å²) >= 11 is 0. The summed E-state index contributed by atoms with van der Waals surface area (Å²) in [5.41, 5.74) is 13.9. The summed E-state index contributed by atoms with van der Waals surface area (Å²) in [7, 11) is 0. The first kappa shape index (κ1) is 37.2. The van der Waals surface area contributed by atoms with E-state index >= 15 is 0 Å². The first-order chi connectivity index (χ1) is 20.7. The highest BCUT2D eigenvalue weighted by molar-refractivity contribution is 5.99. The number of nitrogens with two attached hydrogens (primary N) is 2. The highest BCUT2D eigenvalue weighted by Gasteiger charge is 2.09. The molecule has 13 heteroatoms. The number of amidine groups is 2. The molecule has 2 aromatic rings. The molecule has 0 saturated heterocycles. The first-order valence-electron chi connectivity index (χ1n) is 14.6. The van der Waals surface area contributed by atoms with E-state index in [9.17, 15) is 19.2 Å². The molecule has 240 valence electrons. The number of carbonyl (C=O) groups excluding carboxylic acids is 4. The monoisotopic (exact) mass is 612 g/mol. The lowest BCUT2D eigenvalue weighted by Gasteiger charge is -2.08. The summed E-state index contributed by atoms with van der Waals surface area (Å²) in [4.78, 5) is 57.7. The molecule has 0 fully saturated rings. The van der Waals surface area contributed by atoms with Crippen molar-refractivity contribution in [3.63, 3.8) is 0 Å². The smallest absolute Gasteiger partial charge is 0.335 e. The van der Waals surface area contributed by atoms with Crippen molar-refractivity contribution in [1.82, 2.24) is 0 Å². The van der Waals surface area contributed by atoms with Gasteiger partial charge in [0.2, 0.25) is 11.8 Å². The standard InChI is InChI=1S/C31H42N6O6.H2O/c1-3-5-7-12-28(40)42-36-30(32)22-14-18-24(19-15-22)34-26(38)10-9-11-27(39)35-25-20-16-23(17-21-25)31(33)37-43-29(41)13-8-6-4-2;/h14-21H,3-13H2,1-2H3,(H2,32,36)(H2,33,37)(H,34,38)(H,35,39);1H2. The van der Waals surface area contributed by atoms with Crippen LogP contribution in [0, 0.1) is 0 Å². The molecule has 0 atom stereocenters. The molecule has 2 rings (SSSR count). The molecule has 8 N–H and O–H groups in total. The average molecular weight is 613 g/mol. The molecule has 0 saturated carbocycles. The SMILES string of the molecule is CCCCCC(=O)O/N=C(/N)c1ccc(NC(=O)CCCC(=O)Nc2ccc(/C(N)=N\OC(=O)CCCCC)cc2)cc1.O. The molecule has 2 amide bonds. The lowest BCUT2D eigenvalue weighted by molar-refractivity contribution is -0.144. The number of hydrogen-bond acceptors (Lipinski definition) is 8. The summed E-state index contributed by atoms with van der Waals surface area (Å²) in [5, 5.41) is 12.9. The molecule has 13 nitrogen and oxygen atoms in total. The number of nitrogens with zero attached hydrogens (tertiary/aromatic N) is 2. The summed E-state index contributed by atoms with van der Waals surface area (Å²) < 4.78 is 0. The van der Waals surface area contributed by atoms with Crippen LogP contribution >= 0.6 is 0 Å². The van der Waals surface area contributed by atoms with E-state index in [4.69, 9.17) is 21.1 Å². The maximum atomic E-state index is 12.3. The molecule has 0 aromatic heterocycles. The van der Waals surface area contributed by atoms with Crippen molar-refractivity contribution in [3.8, 4) is 0 Å². The van der Waals surface area contributed by atoms with Gasteiger partial charge in [-0.1, -0.05) is 49.8 Å². The van der Waals surface area contributed by atoms with Crippen LogP contribution in [-0.2, 0) is 28.9 Å². The van der Waals surface area contributed by atoms with Gasteiger partial charge in [-0.3, -0.25) is 9.59 Å². The number of benzene rings is 2. The van der Waals surface area contributed by atoms with E-state index in [1.807, 2.05) is 13.8 Å². The molecule has 0 aliphatic rings. The fraction of sp³-hybridized carbons (Fsp3) is 0.419. The summed E-state index contributed by atoms with van der Waals surface area (Å²) in [6, 6.07) is 13.2. The number of amides is 2. The summed E-state index contributed by atoms with van der Waals surface area (Å²) in [5.74, 6) is -1.25. The number of unbranched alkanes of at least 4 members (excludes halogenated alkanes) is 4. The number of nitrogens with one attached hydrogen (secondary N) is 2. The van der Waals surface area contributed by atoms with Gasteiger partial charge in [-0.25, -0.2) is 9.59 Å². The Kier molecular flexibility index (Phi) is 17.8. The summed E-state index contributed by atoms with van der Waals surface area (Å²) in [6.45, 7) is 4.09. The van der Waals surface area contributed by atoms with E-state index in [2.05, 4.69) is 20.9 Å². The highest BCUT2D eigenvalue weighted by Crippen LogP contribution is 2.13. The molecule has 0 radical (unpaired) electrons. The highest BCUT2D eigenvalue weighted by atomic mass is 16.7. The van der Waals surface area contributed by atoms with Gasteiger partial charge >= 0.3 is 11.9 Å². The Balaban J connectivity index is 0.00000968. The largest absolute Gasteiger partial charge is 0.412 e. The number of oxime groups is 2. The van der Waals surface area contributed by atoms with Crippen LogP contribution < -0.4 is 22.1 Å². The Hall–Kier alpha value is -4.78. The van der Waals surface area contributed by atoms with Crippen LogP contribution in [0.1, 0.15) is 95.6 Å². The molecule has 0 aliphatic carbocycles. The van der Waals surface area contributed by atoms with Crippen molar-refractivity contribution < 1.29 is 34.3 Å². The van der Waals surface area contributed by atoms with Gasteiger partial charge < -0.3 is 37.3 Å². The van der Waals surface area contributed by atoms with Gasteiger partial charge in [0.05, 0.1) is 0 Å². The second-order valence-corrected chi connectivity index (χ2v) is 9.90. The minimum Gasteiger partial charge on any atom is -0.412 e. The Morgan fingerprint density at radius 1 is 0.591 bits per heavy atom. The van der Waals surface area contributed by atoms with Gasteiger partial charge in [0.1, 0.15) is 0 Å².